The van der Waals surface area contributed by atoms with Gasteiger partial charge in [-0.25, -0.2) is 4.98 Å². The molecule has 0 radical (unpaired) electrons. The lowest BCUT2D eigenvalue weighted by atomic mass is 9.96. The molecular formula is C23H22ClN5O2. The highest BCUT2D eigenvalue weighted by Gasteiger charge is 2.25. The van der Waals surface area contributed by atoms with E-state index in [1.807, 2.05) is 18.2 Å². The maximum atomic E-state index is 12.9. The van der Waals surface area contributed by atoms with E-state index in [2.05, 4.69) is 26.4 Å². The molecule has 31 heavy (non-hydrogen) atoms. The molecule has 4 rings (SSSR count). The highest BCUT2D eigenvalue weighted by molar-refractivity contribution is 6.33. The Balaban J connectivity index is 1.38. The van der Waals surface area contributed by atoms with Gasteiger partial charge in [-0.1, -0.05) is 35.0 Å². The summed E-state index contributed by atoms with van der Waals surface area (Å²) >= 11 is 6.29. The summed E-state index contributed by atoms with van der Waals surface area (Å²) in [5.74, 6) is 1.32. The van der Waals surface area contributed by atoms with Crippen LogP contribution in [0.2, 0.25) is 5.02 Å². The number of pyridine rings is 1. The summed E-state index contributed by atoms with van der Waals surface area (Å²) in [6, 6.07) is 13.0. The van der Waals surface area contributed by atoms with Crippen molar-refractivity contribution in [1.29, 1.82) is 5.26 Å². The number of anilines is 1. The summed E-state index contributed by atoms with van der Waals surface area (Å²) in [4.78, 5) is 19.4. The Morgan fingerprint density at radius 2 is 2.06 bits per heavy atom. The summed E-state index contributed by atoms with van der Waals surface area (Å²) in [6.45, 7) is 3.87. The number of nitrogens with zero attached hydrogens (tertiary/aromatic N) is 4. The molecule has 0 atom stereocenters. The molecule has 1 aliphatic heterocycles. The molecular weight excluding hydrogens is 414 g/mol. The van der Waals surface area contributed by atoms with Gasteiger partial charge in [0.25, 0.3) is 5.91 Å². The topological polar surface area (TPSA) is 95.1 Å². The fraction of sp³-hybridized carbons (Fsp3) is 0.304. The number of aryl methyl sites for hydroxylation is 1. The number of nitrogens with one attached hydrogen (secondary N) is 1. The molecule has 0 saturated carbocycles. The Morgan fingerprint density at radius 3 is 2.81 bits per heavy atom. The first-order valence-corrected chi connectivity index (χ1v) is 10.6. The van der Waals surface area contributed by atoms with Crippen molar-refractivity contribution in [3.8, 4) is 17.3 Å². The molecule has 7 nitrogen and oxygen atoms in total. The normalized spacial score (nSPS) is 14.3. The smallest absolute Gasteiger partial charge is 0.257 e. The summed E-state index contributed by atoms with van der Waals surface area (Å²) in [5.41, 5.74) is 2.12. The number of rotatable bonds is 5. The van der Waals surface area contributed by atoms with Crippen LogP contribution >= 0.6 is 11.6 Å². The second-order valence-electron chi connectivity index (χ2n) is 7.57. The number of benzene rings is 1. The molecule has 1 amide bonds. The van der Waals surface area contributed by atoms with Gasteiger partial charge in [-0.05, 0) is 43.9 Å². The van der Waals surface area contributed by atoms with Gasteiger partial charge in [-0.15, -0.1) is 0 Å². The van der Waals surface area contributed by atoms with E-state index in [-0.39, 0.29) is 5.91 Å². The molecule has 158 valence electrons. The maximum Gasteiger partial charge on any atom is 0.257 e. The van der Waals surface area contributed by atoms with Crippen molar-refractivity contribution in [3.05, 3.63) is 64.5 Å². The van der Waals surface area contributed by atoms with Gasteiger partial charge in [0.1, 0.15) is 28.9 Å². The molecule has 3 aromatic rings. The summed E-state index contributed by atoms with van der Waals surface area (Å²) in [6.07, 6.45) is 3.52. The van der Waals surface area contributed by atoms with Crippen molar-refractivity contribution in [2.75, 3.05) is 24.5 Å². The van der Waals surface area contributed by atoms with Crippen LogP contribution in [0.4, 0.5) is 5.82 Å². The first-order chi connectivity index (χ1) is 15.1. The predicted molar refractivity (Wildman–Crippen MR) is 118 cm³/mol. The second-order valence-corrected chi connectivity index (χ2v) is 7.98. The van der Waals surface area contributed by atoms with Crippen LogP contribution in [-0.2, 0) is 0 Å². The third kappa shape index (κ3) is 4.39. The van der Waals surface area contributed by atoms with E-state index in [9.17, 15) is 10.1 Å². The molecule has 2 aromatic heterocycles. The highest BCUT2D eigenvalue weighted by atomic mass is 35.5. The van der Waals surface area contributed by atoms with Crippen LogP contribution in [0.3, 0.4) is 0 Å². The summed E-state index contributed by atoms with van der Waals surface area (Å²) in [5, 5.41) is 16.9. The zero-order valence-corrected chi connectivity index (χ0v) is 17.9. The summed E-state index contributed by atoms with van der Waals surface area (Å²) < 4.78 is 5.29. The number of amides is 1. The number of hydrogen-bond acceptors (Lipinski definition) is 6. The van der Waals surface area contributed by atoms with Gasteiger partial charge in [-0.3, -0.25) is 4.79 Å². The van der Waals surface area contributed by atoms with Gasteiger partial charge in [0.2, 0.25) is 0 Å². The standard InChI is InChI=1S/C23H22ClN5O2/c1-15-20(21(28-31-15)18-6-2-3-7-19(18)24)23(30)27-14-16-8-11-29(12-9-16)22-17(13-25)5-4-10-26-22/h2-7,10,16H,8-9,11-12,14H2,1H3,(H,27,30). The average molecular weight is 436 g/mol. The molecule has 8 heteroatoms. The molecule has 3 heterocycles. The van der Waals surface area contributed by atoms with Crippen LogP contribution in [0, 0.1) is 24.2 Å². The minimum Gasteiger partial charge on any atom is -0.360 e. The summed E-state index contributed by atoms with van der Waals surface area (Å²) in [7, 11) is 0. The van der Waals surface area contributed by atoms with Gasteiger partial charge in [0.05, 0.1) is 10.6 Å². The largest absolute Gasteiger partial charge is 0.360 e. The number of halogens is 1. The first-order valence-electron chi connectivity index (χ1n) is 10.2. The van der Waals surface area contributed by atoms with Crippen molar-refractivity contribution in [1.82, 2.24) is 15.5 Å². The number of aromatic nitrogens is 2. The maximum absolute atomic E-state index is 12.9. The van der Waals surface area contributed by atoms with Crippen molar-refractivity contribution in [2.45, 2.75) is 19.8 Å². The Kier molecular flexibility index (Phi) is 6.19. The average Bonchev–Trinajstić information content (AvgIpc) is 3.19. The lowest BCUT2D eigenvalue weighted by molar-refractivity contribution is 0.0944. The molecule has 1 aliphatic rings. The van der Waals surface area contributed by atoms with E-state index < -0.39 is 0 Å². The predicted octanol–water partition coefficient (Wildman–Crippen LogP) is 4.22. The highest BCUT2D eigenvalue weighted by Crippen LogP contribution is 2.31. The Morgan fingerprint density at radius 1 is 1.29 bits per heavy atom. The molecule has 1 saturated heterocycles. The van der Waals surface area contributed by atoms with E-state index in [4.69, 9.17) is 16.1 Å². The van der Waals surface area contributed by atoms with E-state index in [0.717, 1.165) is 31.7 Å². The van der Waals surface area contributed by atoms with E-state index in [1.54, 1.807) is 31.3 Å². The third-order valence-electron chi connectivity index (χ3n) is 5.59. The third-order valence-corrected chi connectivity index (χ3v) is 5.92. The van der Waals surface area contributed by atoms with Crippen LogP contribution in [0.15, 0.2) is 47.1 Å². The van der Waals surface area contributed by atoms with Crippen molar-refractivity contribution in [2.24, 2.45) is 5.92 Å². The number of piperidine rings is 1. The number of nitriles is 1. The Bertz CT molecular complexity index is 1130. The lowest BCUT2D eigenvalue weighted by Gasteiger charge is -2.33. The van der Waals surface area contributed by atoms with E-state index >= 15 is 0 Å². The van der Waals surface area contributed by atoms with Gasteiger partial charge in [0.15, 0.2) is 0 Å². The molecule has 1 aromatic carbocycles. The number of carbonyl (C=O) groups excluding carboxylic acids is 1. The Labute approximate surface area is 185 Å². The fourth-order valence-electron chi connectivity index (χ4n) is 3.89. The monoisotopic (exact) mass is 435 g/mol. The van der Waals surface area contributed by atoms with Crippen molar-refractivity contribution >= 4 is 23.3 Å². The minimum atomic E-state index is -0.215. The van der Waals surface area contributed by atoms with E-state index in [0.29, 0.717) is 45.6 Å². The molecule has 0 bridgehead atoms. The molecule has 0 aliphatic carbocycles. The van der Waals surface area contributed by atoms with Crippen LogP contribution in [0.25, 0.3) is 11.3 Å². The SMILES string of the molecule is Cc1onc(-c2ccccc2Cl)c1C(=O)NCC1CCN(c2ncccc2C#N)CC1. The van der Waals surface area contributed by atoms with Crippen molar-refractivity contribution < 1.29 is 9.32 Å². The number of hydrogen-bond donors (Lipinski definition) is 1. The number of carbonyl (C=O) groups is 1. The lowest BCUT2D eigenvalue weighted by Crippen LogP contribution is -2.39. The van der Waals surface area contributed by atoms with Gasteiger partial charge in [-0.2, -0.15) is 5.26 Å². The van der Waals surface area contributed by atoms with Gasteiger partial charge in [0, 0.05) is 31.4 Å². The molecule has 1 N–H and O–H groups in total. The second kappa shape index (κ2) is 9.19. The van der Waals surface area contributed by atoms with Gasteiger partial charge < -0.3 is 14.7 Å². The van der Waals surface area contributed by atoms with Crippen LogP contribution in [-0.4, -0.2) is 35.7 Å². The fourth-order valence-corrected chi connectivity index (χ4v) is 4.11. The van der Waals surface area contributed by atoms with Crippen LogP contribution < -0.4 is 10.2 Å². The first kappa shape index (κ1) is 20.9. The van der Waals surface area contributed by atoms with E-state index in [1.165, 1.54) is 0 Å². The Hall–Kier alpha value is -3.37. The zero-order valence-electron chi connectivity index (χ0n) is 17.1. The zero-order chi connectivity index (χ0) is 21.8. The van der Waals surface area contributed by atoms with Crippen LogP contribution in [0.1, 0.15) is 34.5 Å². The van der Waals surface area contributed by atoms with Gasteiger partial charge >= 0.3 is 0 Å². The van der Waals surface area contributed by atoms with Crippen LogP contribution in [0.5, 0.6) is 0 Å². The van der Waals surface area contributed by atoms with Crippen molar-refractivity contribution in [3.63, 3.8) is 0 Å². The molecule has 0 unspecified atom stereocenters. The quantitative estimate of drug-likeness (QED) is 0.644. The minimum absolute atomic E-state index is 0.215. The molecule has 1 fully saturated rings. The molecule has 0 spiro atoms.